The van der Waals surface area contributed by atoms with Gasteiger partial charge in [0.2, 0.25) is 0 Å². The van der Waals surface area contributed by atoms with Gasteiger partial charge in [-0.25, -0.2) is 4.79 Å². The van der Waals surface area contributed by atoms with E-state index in [1.807, 2.05) is 13.0 Å². The van der Waals surface area contributed by atoms with Gasteiger partial charge in [-0.05, 0) is 44.4 Å². The Balaban J connectivity index is 1.74. The lowest BCUT2D eigenvalue weighted by atomic mass is 10.1. The number of rotatable bonds is 4. The number of carbonyl (C=O) groups excluding carboxylic acids is 2. The van der Waals surface area contributed by atoms with Gasteiger partial charge in [-0.3, -0.25) is 4.79 Å². The second-order valence-electron chi connectivity index (χ2n) is 6.67. The Morgan fingerprint density at radius 1 is 1.28 bits per heavy atom. The van der Waals surface area contributed by atoms with Crippen molar-refractivity contribution < 1.29 is 19.1 Å². The van der Waals surface area contributed by atoms with Crippen LogP contribution in [-0.4, -0.2) is 27.9 Å². The van der Waals surface area contributed by atoms with Gasteiger partial charge in [0.1, 0.15) is 10.1 Å². The van der Waals surface area contributed by atoms with E-state index in [9.17, 15) is 9.59 Å². The first-order chi connectivity index (χ1) is 11.8. The van der Waals surface area contributed by atoms with Crippen LogP contribution < -0.4 is 4.74 Å². The van der Waals surface area contributed by atoms with E-state index in [1.165, 1.54) is 7.11 Å². The van der Waals surface area contributed by atoms with Crippen LogP contribution in [0.15, 0.2) is 18.2 Å². The van der Waals surface area contributed by atoms with Crippen LogP contribution in [0.2, 0.25) is 0 Å². The number of carbonyl (C=O) groups is 2. The summed E-state index contributed by atoms with van der Waals surface area (Å²) in [5.41, 5.74) is 2.32. The summed E-state index contributed by atoms with van der Waals surface area (Å²) in [5, 5.41) is 0.723. The van der Waals surface area contributed by atoms with Gasteiger partial charge in [-0.1, -0.05) is 0 Å². The molecule has 2 aromatic rings. The Morgan fingerprint density at radius 2 is 1.96 bits per heavy atom. The summed E-state index contributed by atoms with van der Waals surface area (Å²) in [6, 6.07) is 5.72. The fourth-order valence-corrected chi connectivity index (χ4v) is 3.79. The number of halogens is 2. The second kappa shape index (κ2) is 5.64. The molecule has 5 nitrogen and oxygen atoms in total. The van der Waals surface area contributed by atoms with E-state index < -0.39 is 22.2 Å². The smallest absolute Gasteiger partial charge is 0.340 e. The Labute approximate surface area is 154 Å². The molecule has 132 valence electrons. The van der Waals surface area contributed by atoms with E-state index in [1.54, 1.807) is 12.1 Å². The van der Waals surface area contributed by atoms with E-state index >= 15 is 0 Å². The average molecular weight is 382 g/mol. The number of benzene rings is 1. The molecule has 0 amide bonds. The van der Waals surface area contributed by atoms with E-state index in [0.717, 1.165) is 29.4 Å². The second-order valence-corrected chi connectivity index (χ2v) is 8.21. The number of esters is 2. The Kier molecular flexibility index (Phi) is 3.78. The maximum atomic E-state index is 12.3. The maximum Gasteiger partial charge on any atom is 0.340 e. The molecule has 0 spiro atoms. The average Bonchev–Trinajstić information content (AvgIpc) is 3.46. The van der Waals surface area contributed by atoms with Gasteiger partial charge >= 0.3 is 11.9 Å². The third-order valence-corrected chi connectivity index (χ3v) is 5.69. The quantitative estimate of drug-likeness (QED) is 0.453. The van der Waals surface area contributed by atoms with E-state index in [-0.39, 0.29) is 0 Å². The first-order valence-electron chi connectivity index (χ1n) is 8.16. The van der Waals surface area contributed by atoms with Crippen molar-refractivity contribution in [1.82, 2.24) is 4.57 Å². The van der Waals surface area contributed by atoms with Gasteiger partial charge in [-0.2, -0.15) is 0 Å². The predicted octanol–water partition coefficient (Wildman–Crippen LogP) is 4.17. The molecule has 1 unspecified atom stereocenters. The molecule has 25 heavy (non-hydrogen) atoms. The van der Waals surface area contributed by atoms with Gasteiger partial charge in [0, 0.05) is 22.6 Å². The van der Waals surface area contributed by atoms with E-state index in [0.29, 0.717) is 23.8 Å². The minimum absolute atomic E-state index is 0.367. The molecule has 0 aliphatic heterocycles. The first-order valence-corrected chi connectivity index (χ1v) is 8.91. The molecule has 2 saturated carbocycles. The molecular weight excluding hydrogens is 365 g/mol. The molecule has 1 aromatic carbocycles. The topological polar surface area (TPSA) is 57.5 Å². The Morgan fingerprint density at radius 3 is 2.52 bits per heavy atom. The summed E-state index contributed by atoms with van der Waals surface area (Å²) in [6.45, 7) is 1.91. The number of hydrogen-bond donors (Lipinski definition) is 0. The Hall–Kier alpha value is -1.72. The highest BCUT2D eigenvalue weighted by Crippen LogP contribution is 2.53. The standard InChI is InChI=1S/C18H17Cl2NO4/c1-9-15(17(23)24-2)12-7-11(25-16(22)13-8-18(13,19)20)5-6-14(12)21(9)10-3-4-10/h5-7,10,13H,3-4,8H2,1-2H3. The molecule has 1 atom stereocenters. The van der Waals surface area contributed by atoms with Crippen LogP contribution in [-0.2, 0) is 9.53 Å². The van der Waals surface area contributed by atoms with Gasteiger partial charge < -0.3 is 14.0 Å². The van der Waals surface area contributed by atoms with Crippen molar-refractivity contribution in [2.24, 2.45) is 5.92 Å². The van der Waals surface area contributed by atoms with Crippen molar-refractivity contribution in [2.75, 3.05) is 7.11 Å². The van der Waals surface area contributed by atoms with Gasteiger partial charge in [0.15, 0.2) is 0 Å². The molecule has 2 aliphatic carbocycles. The summed E-state index contributed by atoms with van der Waals surface area (Å²) in [4.78, 5) is 24.4. The maximum absolute atomic E-state index is 12.3. The normalized spacial score (nSPS) is 21.2. The zero-order valence-electron chi connectivity index (χ0n) is 13.8. The van der Waals surface area contributed by atoms with Crippen molar-refractivity contribution in [2.45, 2.75) is 36.6 Å². The first kappa shape index (κ1) is 16.7. The van der Waals surface area contributed by atoms with Crippen LogP contribution >= 0.6 is 23.2 Å². The van der Waals surface area contributed by atoms with Crippen LogP contribution in [0.1, 0.15) is 41.4 Å². The molecular formula is C18H17Cl2NO4. The largest absolute Gasteiger partial charge is 0.465 e. The third-order valence-electron chi connectivity index (χ3n) is 4.85. The minimum atomic E-state index is -1.02. The summed E-state index contributed by atoms with van der Waals surface area (Å²) in [5.74, 6) is -0.994. The molecule has 2 fully saturated rings. The van der Waals surface area contributed by atoms with E-state index in [4.69, 9.17) is 32.7 Å². The molecule has 0 radical (unpaired) electrons. The summed E-state index contributed by atoms with van der Waals surface area (Å²) in [6.07, 6.45) is 2.58. The molecule has 4 rings (SSSR count). The molecule has 1 heterocycles. The fourth-order valence-electron chi connectivity index (χ4n) is 3.30. The van der Waals surface area contributed by atoms with Crippen molar-refractivity contribution in [3.8, 4) is 5.75 Å². The Bertz CT molecular complexity index is 898. The summed E-state index contributed by atoms with van der Waals surface area (Å²) in [7, 11) is 1.36. The molecule has 7 heteroatoms. The summed E-state index contributed by atoms with van der Waals surface area (Å²) < 4.78 is 11.5. The highest BCUT2D eigenvalue weighted by Gasteiger charge is 2.57. The van der Waals surface area contributed by atoms with Crippen LogP contribution in [0.3, 0.4) is 0 Å². The van der Waals surface area contributed by atoms with E-state index in [2.05, 4.69) is 4.57 Å². The van der Waals surface area contributed by atoms with Gasteiger partial charge in [0.05, 0.1) is 18.6 Å². The van der Waals surface area contributed by atoms with Crippen LogP contribution in [0.4, 0.5) is 0 Å². The number of nitrogens with zero attached hydrogens (tertiary/aromatic N) is 1. The van der Waals surface area contributed by atoms with Gasteiger partial charge in [0.25, 0.3) is 0 Å². The number of hydrogen-bond acceptors (Lipinski definition) is 4. The lowest BCUT2D eigenvalue weighted by Gasteiger charge is -2.07. The minimum Gasteiger partial charge on any atom is -0.465 e. The van der Waals surface area contributed by atoms with Crippen LogP contribution in [0.25, 0.3) is 10.9 Å². The molecule has 0 bridgehead atoms. The van der Waals surface area contributed by atoms with Crippen LogP contribution in [0, 0.1) is 12.8 Å². The monoisotopic (exact) mass is 381 g/mol. The SMILES string of the molecule is COC(=O)c1c(C)n(C2CC2)c2ccc(OC(=O)C3CC3(Cl)Cl)cc12. The van der Waals surface area contributed by atoms with Crippen molar-refractivity contribution >= 4 is 46.0 Å². The van der Waals surface area contributed by atoms with Crippen molar-refractivity contribution in [1.29, 1.82) is 0 Å². The molecule has 0 N–H and O–H groups in total. The highest BCUT2D eigenvalue weighted by molar-refractivity contribution is 6.52. The van der Waals surface area contributed by atoms with Crippen molar-refractivity contribution in [3.63, 3.8) is 0 Å². The fraction of sp³-hybridized carbons (Fsp3) is 0.444. The predicted molar refractivity (Wildman–Crippen MR) is 94.5 cm³/mol. The third kappa shape index (κ3) is 2.79. The number of ether oxygens (including phenoxy) is 2. The van der Waals surface area contributed by atoms with Crippen LogP contribution in [0.5, 0.6) is 5.75 Å². The zero-order valence-corrected chi connectivity index (χ0v) is 15.4. The lowest BCUT2D eigenvalue weighted by molar-refractivity contribution is -0.135. The number of alkyl halides is 2. The van der Waals surface area contributed by atoms with Crippen molar-refractivity contribution in [3.05, 3.63) is 29.5 Å². The lowest BCUT2D eigenvalue weighted by Crippen LogP contribution is -2.13. The molecule has 2 aliphatic rings. The summed E-state index contributed by atoms with van der Waals surface area (Å²) >= 11 is 11.8. The highest BCUT2D eigenvalue weighted by atomic mass is 35.5. The number of fused-ring (bicyclic) bond motifs is 1. The number of methoxy groups -OCH3 is 1. The number of aromatic nitrogens is 1. The zero-order chi connectivity index (χ0) is 17.9. The van der Waals surface area contributed by atoms with Gasteiger partial charge in [-0.15, -0.1) is 23.2 Å². The molecule has 1 aromatic heterocycles. The molecule has 0 saturated heterocycles.